The van der Waals surface area contributed by atoms with Crippen LogP contribution in [0, 0.1) is 0 Å². The van der Waals surface area contributed by atoms with Gasteiger partial charge in [0.25, 0.3) is 0 Å². The zero-order valence-electron chi connectivity index (χ0n) is 23.3. The molecule has 6 rings (SSSR count). The zero-order chi connectivity index (χ0) is 29.2. The minimum absolute atomic E-state index is 0.119. The number of ether oxygens (including phenoxy) is 3. The summed E-state index contributed by atoms with van der Waals surface area (Å²) in [5, 5.41) is 28.0. The van der Waals surface area contributed by atoms with Crippen LogP contribution in [0.2, 0.25) is 0 Å². The number of fused-ring (bicyclic) bond motifs is 1. The van der Waals surface area contributed by atoms with Crippen LogP contribution in [0.25, 0.3) is 5.52 Å². The lowest BCUT2D eigenvalue weighted by Crippen LogP contribution is -2.57. The van der Waals surface area contributed by atoms with Gasteiger partial charge in [0.1, 0.15) is 24.1 Å². The molecule has 42 heavy (non-hydrogen) atoms. The smallest absolute Gasteiger partial charge is 0.170 e. The largest absolute Gasteiger partial charge is 0.390 e. The van der Waals surface area contributed by atoms with Crippen LogP contribution in [0.4, 0.5) is 5.82 Å². The summed E-state index contributed by atoms with van der Waals surface area (Å²) in [6, 6.07) is 32.6. The maximum Gasteiger partial charge on any atom is 0.170 e. The number of anilines is 1. The van der Waals surface area contributed by atoms with Crippen LogP contribution in [-0.4, -0.2) is 48.7 Å². The number of benzene rings is 3. The Morgan fingerprint density at radius 3 is 2.02 bits per heavy atom. The third-order valence-electron chi connectivity index (χ3n) is 7.97. The van der Waals surface area contributed by atoms with Crippen LogP contribution >= 0.6 is 0 Å². The molecule has 216 valence electrons. The van der Waals surface area contributed by atoms with Gasteiger partial charge in [-0.05, 0) is 35.7 Å². The Balaban J connectivity index is 1.49. The van der Waals surface area contributed by atoms with Gasteiger partial charge in [-0.1, -0.05) is 91.0 Å². The number of nitrogen functional groups attached to an aromatic ring is 1. The summed E-state index contributed by atoms with van der Waals surface area (Å²) in [6.07, 6.45) is -1.82. The van der Waals surface area contributed by atoms with Crippen molar-refractivity contribution < 1.29 is 24.4 Å². The Bertz CT molecular complexity index is 1620. The van der Waals surface area contributed by atoms with E-state index in [0.29, 0.717) is 11.2 Å². The first-order valence-electron chi connectivity index (χ1n) is 13.9. The van der Waals surface area contributed by atoms with Crippen molar-refractivity contribution in [3.63, 3.8) is 0 Å². The molecule has 1 aliphatic carbocycles. The number of nitrogens with two attached hydrogens (primary N) is 1. The predicted octanol–water partition coefficient (Wildman–Crippen LogP) is 4.02. The maximum atomic E-state index is 11.8. The van der Waals surface area contributed by atoms with E-state index in [0.717, 1.165) is 16.7 Å². The molecule has 5 atom stereocenters. The average molecular weight is 567 g/mol. The first-order chi connectivity index (χ1) is 20.5. The molecule has 0 radical (unpaired) electrons. The van der Waals surface area contributed by atoms with Crippen LogP contribution < -0.4 is 5.73 Å². The van der Waals surface area contributed by atoms with Crippen LogP contribution in [0.15, 0.2) is 109 Å². The standard InChI is InChI=1S/C33H34N4O5/c1-23(38)32(41-20-25-13-7-3-8-14-25,28-18-17-27-31(34)35-22-36-37(27)28)33(42-21-26-15-9-4-10-16-26)29(39)30(33)40-19-24-11-5-2-6-12-24/h2-18,22-23,29-30,38-39H,19-21H2,1H3,(H2,34,35,36)/t23?,29-,30?,32+,33+/m1/s1. The van der Waals surface area contributed by atoms with Crippen molar-refractivity contribution in [3.8, 4) is 0 Å². The molecule has 0 saturated heterocycles. The molecule has 0 aliphatic heterocycles. The zero-order valence-corrected chi connectivity index (χ0v) is 23.3. The molecule has 9 nitrogen and oxygen atoms in total. The van der Waals surface area contributed by atoms with E-state index in [9.17, 15) is 10.2 Å². The minimum Gasteiger partial charge on any atom is -0.390 e. The Labute approximate surface area is 244 Å². The van der Waals surface area contributed by atoms with Gasteiger partial charge in [0, 0.05) is 0 Å². The number of aliphatic hydroxyl groups is 2. The summed E-state index contributed by atoms with van der Waals surface area (Å²) in [5.41, 5.74) is 6.74. The van der Waals surface area contributed by atoms with E-state index in [2.05, 4.69) is 10.1 Å². The number of aromatic nitrogens is 3. The van der Waals surface area contributed by atoms with Crippen molar-refractivity contribution in [2.75, 3.05) is 5.73 Å². The Hall–Kier alpha value is -4.12. The third kappa shape index (κ3) is 4.85. The maximum absolute atomic E-state index is 11.8. The van der Waals surface area contributed by atoms with Gasteiger partial charge in [-0.15, -0.1) is 0 Å². The second kappa shape index (κ2) is 11.6. The first-order valence-corrected chi connectivity index (χ1v) is 13.9. The number of rotatable bonds is 12. The molecule has 1 aliphatic rings. The summed E-state index contributed by atoms with van der Waals surface area (Å²) in [5.74, 6) is 0.270. The second-order valence-corrected chi connectivity index (χ2v) is 10.6. The summed E-state index contributed by atoms with van der Waals surface area (Å²) in [7, 11) is 0. The number of nitrogens with zero attached hydrogens (tertiary/aromatic N) is 3. The van der Waals surface area contributed by atoms with Gasteiger partial charge in [-0.25, -0.2) is 9.50 Å². The molecule has 5 aromatic rings. The van der Waals surface area contributed by atoms with E-state index < -0.39 is 29.5 Å². The molecule has 2 heterocycles. The lowest BCUT2D eigenvalue weighted by Gasteiger charge is -2.43. The fourth-order valence-electron chi connectivity index (χ4n) is 5.83. The molecule has 0 spiro atoms. The van der Waals surface area contributed by atoms with Gasteiger partial charge >= 0.3 is 0 Å². The van der Waals surface area contributed by atoms with Gasteiger partial charge in [-0.3, -0.25) is 0 Å². The fourth-order valence-corrected chi connectivity index (χ4v) is 5.83. The molecule has 4 N–H and O–H groups in total. The molecular formula is C33H34N4O5. The Kier molecular flexibility index (Phi) is 7.76. The highest BCUT2D eigenvalue weighted by Gasteiger charge is 2.80. The summed E-state index contributed by atoms with van der Waals surface area (Å²) >= 11 is 0. The van der Waals surface area contributed by atoms with E-state index in [1.54, 1.807) is 23.6 Å². The highest BCUT2D eigenvalue weighted by molar-refractivity contribution is 5.66. The third-order valence-corrected chi connectivity index (χ3v) is 7.97. The number of hydrogen-bond acceptors (Lipinski definition) is 8. The molecule has 1 fully saturated rings. The van der Waals surface area contributed by atoms with Gasteiger partial charge in [0.05, 0.1) is 31.6 Å². The first kappa shape index (κ1) is 28.0. The van der Waals surface area contributed by atoms with Crippen molar-refractivity contribution in [3.05, 3.63) is 132 Å². The van der Waals surface area contributed by atoms with Crippen molar-refractivity contribution >= 4 is 11.3 Å². The van der Waals surface area contributed by atoms with E-state index in [1.807, 2.05) is 91.0 Å². The van der Waals surface area contributed by atoms with Gasteiger partial charge in [-0.2, -0.15) is 5.10 Å². The van der Waals surface area contributed by atoms with Crippen LogP contribution in [0.3, 0.4) is 0 Å². The van der Waals surface area contributed by atoms with Crippen molar-refractivity contribution in [1.82, 2.24) is 14.6 Å². The average Bonchev–Trinajstić information content (AvgIpc) is 3.34. The number of hydrogen-bond donors (Lipinski definition) is 3. The Morgan fingerprint density at radius 1 is 0.857 bits per heavy atom. The Morgan fingerprint density at radius 2 is 1.43 bits per heavy atom. The minimum atomic E-state index is -1.65. The highest BCUT2D eigenvalue weighted by Crippen LogP contribution is 2.59. The van der Waals surface area contributed by atoms with Crippen LogP contribution in [-0.2, 0) is 39.6 Å². The molecule has 9 heteroatoms. The highest BCUT2D eigenvalue weighted by atomic mass is 16.6. The summed E-state index contributed by atoms with van der Waals surface area (Å²) < 4.78 is 21.5. The number of aliphatic hydroxyl groups excluding tert-OH is 2. The summed E-state index contributed by atoms with van der Waals surface area (Å²) in [6.45, 7) is 2.13. The van der Waals surface area contributed by atoms with Crippen LogP contribution in [0.1, 0.15) is 29.3 Å². The molecule has 2 unspecified atom stereocenters. The monoisotopic (exact) mass is 566 g/mol. The SMILES string of the molecule is CC(O)[C@](OCc1ccccc1)(c1ccc2c(N)ncnn12)[C@@]1(OCc2ccccc2)C(OCc2ccccc2)[C@H]1O. The van der Waals surface area contributed by atoms with Gasteiger partial charge in [0.15, 0.2) is 17.0 Å². The van der Waals surface area contributed by atoms with E-state index in [4.69, 9.17) is 19.9 Å². The lowest BCUT2D eigenvalue weighted by atomic mass is 9.83. The van der Waals surface area contributed by atoms with Gasteiger partial charge < -0.3 is 30.2 Å². The van der Waals surface area contributed by atoms with Crippen LogP contribution in [0.5, 0.6) is 0 Å². The topological polar surface area (TPSA) is 124 Å². The normalized spacial score (nSPS) is 22.1. The van der Waals surface area contributed by atoms with E-state index >= 15 is 0 Å². The van der Waals surface area contributed by atoms with E-state index in [-0.39, 0.29) is 25.6 Å². The molecular weight excluding hydrogens is 532 g/mol. The molecule has 3 aromatic carbocycles. The van der Waals surface area contributed by atoms with Gasteiger partial charge in [0.2, 0.25) is 0 Å². The molecule has 2 aromatic heterocycles. The van der Waals surface area contributed by atoms with Crippen molar-refractivity contribution in [2.45, 2.75) is 56.3 Å². The fraction of sp³-hybridized carbons (Fsp3) is 0.273. The summed E-state index contributed by atoms with van der Waals surface area (Å²) in [4.78, 5) is 4.13. The van der Waals surface area contributed by atoms with Crippen molar-refractivity contribution in [2.24, 2.45) is 0 Å². The molecule has 0 amide bonds. The molecule has 0 bridgehead atoms. The van der Waals surface area contributed by atoms with Crippen molar-refractivity contribution in [1.29, 1.82) is 0 Å². The quantitative estimate of drug-likeness (QED) is 0.207. The molecule has 1 saturated carbocycles. The lowest BCUT2D eigenvalue weighted by molar-refractivity contribution is -0.243. The predicted molar refractivity (Wildman–Crippen MR) is 157 cm³/mol. The van der Waals surface area contributed by atoms with E-state index in [1.165, 1.54) is 6.33 Å². The second-order valence-electron chi connectivity index (χ2n) is 10.6.